The summed E-state index contributed by atoms with van der Waals surface area (Å²) in [7, 11) is 0. The van der Waals surface area contributed by atoms with Crippen molar-refractivity contribution in [3.8, 4) is 0 Å². The molecule has 2 unspecified atom stereocenters. The minimum absolute atomic E-state index is 0.0466. The molecule has 4 rings (SSSR count). The Hall–Kier alpha value is -2.18. The summed E-state index contributed by atoms with van der Waals surface area (Å²) >= 11 is 0. The van der Waals surface area contributed by atoms with Crippen LogP contribution < -0.4 is 5.32 Å². The highest BCUT2D eigenvalue weighted by Gasteiger charge is 2.49. The zero-order valence-corrected chi connectivity index (χ0v) is 14.5. The summed E-state index contributed by atoms with van der Waals surface area (Å²) in [6, 6.07) is 10.1. The van der Waals surface area contributed by atoms with Crippen molar-refractivity contribution in [2.75, 3.05) is 6.54 Å². The van der Waals surface area contributed by atoms with Crippen molar-refractivity contribution in [3.05, 3.63) is 59.8 Å². The Balaban J connectivity index is 1.34. The molecule has 0 spiro atoms. The molecule has 2 aliphatic heterocycles. The van der Waals surface area contributed by atoms with Crippen molar-refractivity contribution in [2.24, 2.45) is 0 Å². The molecule has 2 atom stereocenters. The zero-order chi connectivity index (χ0) is 18.1. The van der Waals surface area contributed by atoms with Gasteiger partial charge >= 0.3 is 0 Å². The molecule has 2 saturated heterocycles. The zero-order valence-electron chi connectivity index (χ0n) is 14.5. The van der Waals surface area contributed by atoms with E-state index in [1.165, 1.54) is 12.1 Å². The molecule has 26 heavy (non-hydrogen) atoms. The number of fused-ring (bicyclic) bond motifs is 2. The number of aliphatic hydroxyl groups is 1. The van der Waals surface area contributed by atoms with Gasteiger partial charge in [0.15, 0.2) is 0 Å². The van der Waals surface area contributed by atoms with Crippen LogP contribution in [0.5, 0.6) is 0 Å². The van der Waals surface area contributed by atoms with Crippen LogP contribution >= 0.6 is 0 Å². The van der Waals surface area contributed by atoms with E-state index in [2.05, 4.69) is 10.2 Å². The number of carbonyl (C=O) groups excluding carboxylic acids is 1. The highest BCUT2D eigenvalue weighted by Crippen LogP contribution is 2.45. The molecule has 1 amide bonds. The van der Waals surface area contributed by atoms with Crippen molar-refractivity contribution in [3.63, 3.8) is 0 Å². The number of furan rings is 1. The fraction of sp³-hybridized carbons (Fsp3) is 0.450. The van der Waals surface area contributed by atoms with E-state index in [9.17, 15) is 14.3 Å². The van der Waals surface area contributed by atoms with Crippen molar-refractivity contribution < 1.29 is 18.7 Å². The largest absolute Gasteiger partial charge is 0.466 e. The number of hydrogen-bond donors (Lipinski definition) is 2. The Morgan fingerprint density at radius 3 is 2.54 bits per heavy atom. The van der Waals surface area contributed by atoms with E-state index < -0.39 is 5.60 Å². The average Bonchev–Trinajstić information content (AvgIpc) is 3.24. The third-order valence-corrected chi connectivity index (χ3v) is 5.63. The summed E-state index contributed by atoms with van der Waals surface area (Å²) in [5, 5.41) is 13.9. The summed E-state index contributed by atoms with van der Waals surface area (Å²) in [6.07, 6.45) is 4.73. The monoisotopic (exact) mass is 358 g/mol. The summed E-state index contributed by atoms with van der Waals surface area (Å²) in [4.78, 5) is 14.6. The second-order valence-electron chi connectivity index (χ2n) is 7.38. The van der Waals surface area contributed by atoms with Gasteiger partial charge in [0.1, 0.15) is 17.2 Å². The van der Waals surface area contributed by atoms with Crippen LogP contribution in [-0.2, 0) is 16.9 Å². The molecule has 5 nitrogen and oxygen atoms in total. The molecule has 0 aliphatic carbocycles. The fourth-order valence-electron chi connectivity index (χ4n) is 4.34. The highest BCUT2D eigenvalue weighted by atomic mass is 19.1. The van der Waals surface area contributed by atoms with Gasteiger partial charge in [0.25, 0.3) is 0 Å². The normalized spacial score (nSPS) is 28.2. The maximum Gasteiger partial charge on any atom is 0.234 e. The van der Waals surface area contributed by atoms with Crippen LogP contribution in [0.1, 0.15) is 37.0 Å². The molecular formula is C20H23FN2O3. The number of benzene rings is 1. The molecule has 2 N–H and O–H groups in total. The second-order valence-corrected chi connectivity index (χ2v) is 7.38. The van der Waals surface area contributed by atoms with Crippen LogP contribution in [-0.4, -0.2) is 34.5 Å². The molecule has 138 valence electrons. The maximum atomic E-state index is 12.9. The van der Waals surface area contributed by atoms with Gasteiger partial charge in [0.05, 0.1) is 12.8 Å². The summed E-state index contributed by atoms with van der Waals surface area (Å²) in [5.41, 5.74) is -0.0651. The van der Waals surface area contributed by atoms with E-state index in [0.29, 0.717) is 31.7 Å². The van der Waals surface area contributed by atoms with E-state index in [-0.39, 0.29) is 23.8 Å². The van der Waals surface area contributed by atoms with Crippen LogP contribution in [0.2, 0.25) is 0 Å². The molecular weight excluding hydrogens is 335 g/mol. The standard InChI is InChI=1S/C20H23FN2O3/c21-15-5-3-14(4-6-15)12-22-19(24)13-23-16-7-8-17(23)11-20(25,10-16)18-2-1-9-26-18/h1-6,9,16-17,25H,7-8,10-13H2,(H,22,24). The van der Waals surface area contributed by atoms with Gasteiger partial charge in [-0.2, -0.15) is 0 Å². The Kier molecular flexibility index (Phi) is 4.54. The van der Waals surface area contributed by atoms with E-state index >= 15 is 0 Å². The number of nitrogens with one attached hydrogen (secondary N) is 1. The Morgan fingerprint density at radius 1 is 1.23 bits per heavy atom. The number of carbonyl (C=O) groups is 1. The number of halogens is 1. The topological polar surface area (TPSA) is 65.7 Å². The lowest BCUT2D eigenvalue weighted by atomic mass is 9.84. The van der Waals surface area contributed by atoms with Crippen LogP contribution in [0.25, 0.3) is 0 Å². The van der Waals surface area contributed by atoms with Gasteiger partial charge in [0.2, 0.25) is 5.91 Å². The van der Waals surface area contributed by atoms with Gasteiger partial charge in [-0.05, 0) is 55.5 Å². The second kappa shape index (κ2) is 6.85. The first-order valence-corrected chi connectivity index (χ1v) is 9.07. The first kappa shape index (κ1) is 17.2. The molecule has 2 bridgehead atoms. The third-order valence-electron chi connectivity index (χ3n) is 5.63. The minimum atomic E-state index is -0.934. The molecule has 6 heteroatoms. The van der Waals surface area contributed by atoms with Gasteiger partial charge in [-0.3, -0.25) is 9.69 Å². The molecule has 1 aromatic heterocycles. The van der Waals surface area contributed by atoms with Gasteiger partial charge in [-0.1, -0.05) is 12.1 Å². The minimum Gasteiger partial charge on any atom is -0.466 e. The Bertz CT molecular complexity index is 746. The summed E-state index contributed by atoms with van der Waals surface area (Å²) < 4.78 is 18.4. The SMILES string of the molecule is O=C(CN1C2CCC1CC(O)(c1ccco1)C2)NCc1ccc(F)cc1. The van der Waals surface area contributed by atoms with Crippen LogP contribution in [0.3, 0.4) is 0 Å². The van der Waals surface area contributed by atoms with Crippen molar-refractivity contribution in [2.45, 2.75) is 49.9 Å². The van der Waals surface area contributed by atoms with Crippen molar-refractivity contribution in [1.29, 1.82) is 0 Å². The summed E-state index contributed by atoms with van der Waals surface area (Å²) in [5.74, 6) is 0.290. The van der Waals surface area contributed by atoms with Gasteiger partial charge in [-0.15, -0.1) is 0 Å². The fourth-order valence-corrected chi connectivity index (χ4v) is 4.34. The first-order valence-electron chi connectivity index (χ1n) is 9.07. The van der Waals surface area contributed by atoms with Crippen LogP contribution in [0, 0.1) is 5.82 Å². The quantitative estimate of drug-likeness (QED) is 0.862. The molecule has 0 radical (unpaired) electrons. The Labute approximate surface area is 151 Å². The molecule has 1 aromatic carbocycles. The number of amides is 1. The highest BCUT2D eigenvalue weighted by molar-refractivity contribution is 5.78. The van der Waals surface area contributed by atoms with Crippen LogP contribution in [0.15, 0.2) is 47.1 Å². The van der Waals surface area contributed by atoms with Crippen molar-refractivity contribution >= 4 is 5.91 Å². The van der Waals surface area contributed by atoms with Gasteiger partial charge < -0.3 is 14.8 Å². The van der Waals surface area contributed by atoms with Crippen LogP contribution in [0.4, 0.5) is 4.39 Å². The average molecular weight is 358 g/mol. The molecule has 2 aromatic rings. The lowest BCUT2D eigenvalue weighted by molar-refractivity contribution is -0.126. The maximum absolute atomic E-state index is 12.9. The predicted octanol–water partition coefficient (Wildman–Crippen LogP) is 2.55. The summed E-state index contributed by atoms with van der Waals surface area (Å²) in [6.45, 7) is 0.712. The predicted molar refractivity (Wildman–Crippen MR) is 93.6 cm³/mol. The number of hydrogen-bond acceptors (Lipinski definition) is 4. The van der Waals surface area contributed by atoms with E-state index in [1.54, 1.807) is 24.5 Å². The molecule has 3 heterocycles. The molecule has 2 aliphatic rings. The Morgan fingerprint density at radius 2 is 1.92 bits per heavy atom. The third kappa shape index (κ3) is 3.39. The lowest BCUT2D eigenvalue weighted by Crippen LogP contribution is -2.52. The molecule has 2 fully saturated rings. The van der Waals surface area contributed by atoms with Gasteiger partial charge in [0, 0.05) is 18.6 Å². The number of rotatable bonds is 5. The molecule has 0 saturated carbocycles. The van der Waals surface area contributed by atoms with Crippen molar-refractivity contribution in [1.82, 2.24) is 10.2 Å². The van der Waals surface area contributed by atoms with E-state index in [0.717, 1.165) is 18.4 Å². The number of nitrogens with zero attached hydrogens (tertiary/aromatic N) is 1. The lowest BCUT2D eigenvalue weighted by Gasteiger charge is -2.42. The van der Waals surface area contributed by atoms with E-state index in [1.807, 2.05) is 6.07 Å². The smallest absolute Gasteiger partial charge is 0.234 e. The van der Waals surface area contributed by atoms with Gasteiger partial charge in [-0.25, -0.2) is 4.39 Å². The first-order chi connectivity index (χ1) is 12.5. The van der Waals surface area contributed by atoms with E-state index in [4.69, 9.17) is 4.42 Å². The number of piperidine rings is 1.